The van der Waals surface area contributed by atoms with Crippen LogP contribution in [0.2, 0.25) is 0 Å². The average molecular weight is 377 g/mol. The third-order valence-electron chi connectivity index (χ3n) is 5.32. The summed E-state index contributed by atoms with van der Waals surface area (Å²) < 4.78 is 2.01. The molecule has 1 fully saturated rings. The monoisotopic (exact) mass is 376 g/mol. The quantitative estimate of drug-likeness (QED) is 0.704. The van der Waals surface area contributed by atoms with Gasteiger partial charge >= 0.3 is 0 Å². The third kappa shape index (κ3) is 3.67. The number of carbonyl (C=O) groups is 1. The van der Waals surface area contributed by atoms with E-state index in [4.69, 9.17) is 5.73 Å². The van der Waals surface area contributed by atoms with Crippen LogP contribution in [0.15, 0.2) is 48.5 Å². The maximum atomic E-state index is 12.9. The second-order valence-corrected chi connectivity index (χ2v) is 8.68. The molecule has 3 aromatic rings. The first kappa shape index (κ1) is 18.7. The minimum absolute atomic E-state index is 0.151. The molecule has 4 rings (SSSR count). The first-order chi connectivity index (χ1) is 13.4. The van der Waals surface area contributed by atoms with Gasteiger partial charge in [0.25, 0.3) is 5.91 Å². The van der Waals surface area contributed by atoms with E-state index in [0.29, 0.717) is 18.2 Å². The van der Waals surface area contributed by atoms with Gasteiger partial charge in [0.2, 0.25) is 0 Å². The summed E-state index contributed by atoms with van der Waals surface area (Å²) in [5.41, 5.74) is 8.48. The highest BCUT2D eigenvalue weighted by molar-refractivity contribution is 5.93. The molecule has 0 aliphatic heterocycles. The SMILES string of the molecule is CC(C)(C)n1nc(C(=O)NC(CN)c2ccc3ccccc3c2)cc1C1CC1. The van der Waals surface area contributed by atoms with E-state index < -0.39 is 0 Å². The predicted molar refractivity (Wildman–Crippen MR) is 112 cm³/mol. The van der Waals surface area contributed by atoms with E-state index in [1.807, 2.05) is 28.9 Å². The molecule has 146 valence electrons. The standard InChI is InChI=1S/C23H28N4O/c1-23(2,3)27-21(16-9-10-16)13-19(26-27)22(28)25-20(14-24)18-11-8-15-6-4-5-7-17(15)12-18/h4-8,11-13,16,20H,9-10,14,24H2,1-3H3,(H,25,28). The Morgan fingerprint density at radius 3 is 2.54 bits per heavy atom. The number of fused-ring (bicyclic) bond motifs is 1. The topological polar surface area (TPSA) is 72.9 Å². The summed E-state index contributed by atoms with van der Waals surface area (Å²) in [6.07, 6.45) is 2.34. The summed E-state index contributed by atoms with van der Waals surface area (Å²) in [4.78, 5) is 12.9. The van der Waals surface area contributed by atoms with E-state index in [0.717, 1.165) is 16.6 Å². The fourth-order valence-corrected chi connectivity index (χ4v) is 3.65. The molecule has 5 heteroatoms. The Hall–Kier alpha value is -2.66. The van der Waals surface area contributed by atoms with Gasteiger partial charge in [-0.3, -0.25) is 9.48 Å². The Bertz CT molecular complexity index is 1010. The molecule has 3 N–H and O–H groups in total. The molecule has 1 aromatic heterocycles. The third-order valence-corrected chi connectivity index (χ3v) is 5.32. The van der Waals surface area contributed by atoms with Crippen LogP contribution >= 0.6 is 0 Å². The van der Waals surface area contributed by atoms with E-state index in [1.54, 1.807) is 0 Å². The average Bonchev–Trinajstić information content (AvgIpc) is 3.42. The van der Waals surface area contributed by atoms with Gasteiger partial charge < -0.3 is 11.1 Å². The van der Waals surface area contributed by atoms with Crippen molar-refractivity contribution in [3.05, 3.63) is 65.5 Å². The lowest BCUT2D eigenvalue weighted by Gasteiger charge is -2.22. The van der Waals surface area contributed by atoms with Crippen molar-refractivity contribution in [3.63, 3.8) is 0 Å². The van der Waals surface area contributed by atoms with Crippen molar-refractivity contribution in [1.82, 2.24) is 15.1 Å². The fraction of sp³-hybridized carbons (Fsp3) is 0.391. The van der Waals surface area contributed by atoms with Crippen LogP contribution in [0.1, 0.15) is 67.3 Å². The number of benzene rings is 2. The molecule has 0 radical (unpaired) electrons. The summed E-state index contributed by atoms with van der Waals surface area (Å²) in [6, 6.07) is 16.1. The van der Waals surface area contributed by atoms with Gasteiger partial charge in [-0.15, -0.1) is 0 Å². The number of nitrogens with one attached hydrogen (secondary N) is 1. The molecule has 2 aromatic carbocycles. The first-order valence-electron chi connectivity index (χ1n) is 9.97. The van der Waals surface area contributed by atoms with Crippen molar-refractivity contribution >= 4 is 16.7 Å². The van der Waals surface area contributed by atoms with E-state index in [-0.39, 0.29) is 17.5 Å². The Morgan fingerprint density at radius 2 is 1.89 bits per heavy atom. The lowest BCUT2D eigenvalue weighted by molar-refractivity contribution is 0.0931. The molecule has 1 heterocycles. The number of hydrogen-bond acceptors (Lipinski definition) is 3. The van der Waals surface area contributed by atoms with Crippen LogP contribution in [0.5, 0.6) is 0 Å². The predicted octanol–water partition coefficient (Wildman–Crippen LogP) is 4.10. The van der Waals surface area contributed by atoms with E-state index >= 15 is 0 Å². The minimum Gasteiger partial charge on any atom is -0.343 e. The van der Waals surface area contributed by atoms with Crippen molar-refractivity contribution < 1.29 is 4.79 Å². The number of amides is 1. The highest BCUT2D eigenvalue weighted by Crippen LogP contribution is 2.41. The number of aromatic nitrogens is 2. The van der Waals surface area contributed by atoms with Crippen LogP contribution in [-0.2, 0) is 5.54 Å². The minimum atomic E-state index is -0.249. The van der Waals surface area contributed by atoms with Gasteiger partial charge in [0, 0.05) is 18.2 Å². The molecular weight excluding hydrogens is 348 g/mol. The van der Waals surface area contributed by atoms with E-state index in [1.165, 1.54) is 18.2 Å². The highest BCUT2D eigenvalue weighted by Gasteiger charge is 2.32. The second-order valence-electron chi connectivity index (χ2n) is 8.68. The molecule has 1 atom stereocenters. The molecule has 28 heavy (non-hydrogen) atoms. The van der Waals surface area contributed by atoms with Crippen molar-refractivity contribution in [2.24, 2.45) is 5.73 Å². The van der Waals surface area contributed by atoms with Crippen LogP contribution in [0.4, 0.5) is 0 Å². The van der Waals surface area contributed by atoms with Crippen molar-refractivity contribution in [2.75, 3.05) is 6.54 Å². The van der Waals surface area contributed by atoms with Crippen LogP contribution in [0.3, 0.4) is 0 Å². The van der Waals surface area contributed by atoms with Gasteiger partial charge in [-0.1, -0.05) is 36.4 Å². The van der Waals surface area contributed by atoms with Gasteiger partial charge in [0.15, 0.2) is 0 Å². The molecule has 1 amide bonds. The fourth-order valence-electron chi connectivity index (χ4n) is 3.65. The number of carbonyl (C=O) groups excluding carboxylic acids is 1. The summed E-state index contributed by atoms with van der Waals surface area (Å²) in [5, 5.41) is 10.0. The molecule has 0 bridgehead atoms. The van der Waals surface area contributed by atoms with Crippen LogP contribution in [0.25, 0.3) is 10.8 Å². The molecule has 1 unspecified atom stereocenters. The molecule has 1 saturated carbocycles. The molecule has 1 aliphatic rings. The zero-order valence-electron chi connectivity index (χ0n) is 16.8. The first-order valence-corrected chi connectivity index (χ1v) is 9.97. The van der Waals surface area contributed by atoms with E-state index in [9.17, 15) is 4.79 Å². The van der Waals surface area contributed by atoms with Crippen LogP contribution in [-0.4, -0.2) is 22.2 Å². The van der Waals surface area contributed by atoms with Crippen molar-refractivity contribution in [3.8, 4) is 0 Å². The molecule has 1 aliphatic carbocycles. The molecule has 5 nitrogen and oxygen atoms in total. The summed E-state index contributed by atoms with van der Waals surface area (Å²) in [7, 11) is 0. The Morgan fingerprint density at radius 1 is 1.18 bits per heavy atom. The number of hydrogen-bond donors (Lipinski definition) is 2. The maximum absolute atomic E-state index is 12.9. The van der Waals surface area contributed by atoms with Crippen LogP contribution in [0, 0.1) is 0 Å². The Labute approximate surface area is 165 Å². The van der Waals surface area contributed by atoms with Crippen molar-refractivity contribution in [1.29, 1.82) is 0 Å². The van der Waals surface area contributed by atoms with Gasteiger partial charge in [0.05, 0.1) is 11.6 Å². The van der Waals surface area contributed by atoms with E-state index in [2.05, 4.69) is 55.5 Å². The lowest BCUT2D eigenvalue weighted by atomic mass is 10.0. The van der Waals surface area contributed by atoms with Crippen molar-refractivity contribution in [2.45, 2.75) is 51.1 Å². The number of nitrogens with zero attached hydrogens (tertiary/aromatic N) is 2. The summed E-state index contributed by atoms with van der Waals surface area (Å²) in [5.74, 6) is 0.354. The van der Waals surface area contributed by atoms with Gasteiger partial charge in [-0.05, 0) is 62.1 Å². The smallest absolute Gasteiger partial charge is 0.272 e. The molecule has 0 saturated heterocycles. The zero-order chi connectivity index (χ0) is 19.9. The number of rotatable bonds is 5. The Balaban J connectivity index is 1.59. The molecular formula is C23H28N4O. The lowest BCUT2D eigenvalue weighted by Crippen LogP contribution is -2.34. The number of nitrogens with two attached hydrogens (primary N) is 1. The summed E-state index contributed by atoms with van der Waals surface area (Å²) in [6.45, 7) is 6.68. The highest BCUT2D eigenvalue weighted by atomic mass is 16.2. The Kier molecular flexibility index (Phi) is 4.71. The van der Waals surface area contributed by atoms with Gasteiger partial charge in [-0.25, -0.2) is 0 Å². The largest absolute Gasteiger partial charge is 0.343 e. The maximum Gasteiger partial charge on any atom is 0.272 e. The molecule has 0 spiro atoms. The zero-order valence-corrected chi connectivity index (χ0v) is 16.8. The normalized spacial score (nSPS) is 15.6. The summed E-state index contributed by atoms with van der Waals surface area (Å²) >= 11 is 0. The van der Waals surface area contributed by atoms with Gasteiger partial charge in [0.1, 0.15) is 5.69 Å². The second kappa shape index (κ2) is 7.06. The van der Waals surface area contributed by atoms with Gasteiger partial charge in [-0.2, -0.15) is 5.10 Å². The van der Waals surface area contributed by atoms with Crippen LogP contribution < -0.4 is 11.1 Å².